The topological polar surface area (TPSA) is 65.9 Å². The van der Waals surface area contributed by atoms with Crippen LogP contribution in [0.25, 0.3) is 0 Å². The third-order valence-electron chi connectivity index (χ3n) is 4.05. The summed E-state index contributed by atoms with van der Waals surface area (Å²) >= 11 is 0. The quantitative estimate of drug-likeness (QED) is 0.518. The molecule has 0 spiro atoms. The fourth-order valence-electron chi connectivity index (χ4n) is 2.88. The number of hydrogen-bond acceptors (Lipinski definition) is 3. The summed E-state index contributed by atoms with van der Waals surface area (Å²) in [5.74, 6) is 1.53. The van der Waals surface area contributed by atoms with Crippen LogP contribution in [-0.4, -0.2) is 50.0 Å². The summed E-state index contributed by atoms with van der Waals surface area (Å²) < 4.78 is 6.03. The highest BCUT2D eigenvalue weighted by Gasteiger charge is 2.35. The van der Waals surface area contributed by atoms with Gasteiger partial charge in [0.1, 0.15) is 0 Å². The lowest BCUT2D eigenvalue weighted by Crippen LogP contribution is -2.47. The number of ether oxygens (including phenoxy) is 1. The Hall–Kier alpha value is -0.810. The number of aliphatic imine (C=N–C) groups is 1. The highest BCUT2D eigenvalue weighted by Crippen LogP contribution is 2.33. The molecule has 3 unspecified atom stereocenters. The normalized spacial score (nSPS) is 24.9. The number of nitrogens with zero attached hydrogens (tertiary/aromatic N) is 1. The summed E-state index contributed by atoms with van der Waals surface area (Å²) in [6.45, 7) is 14.2. The maximum absolute atomic E-state index is 9.11. The maximum Gasteiger partial charge on any atom is 0.191 e. The lowest BCUT2D eigenvalue weighted by molar-refractivity contribution is -0.0835. The first-order valence-corrected chi connectivity index (χ1v) is 8.63. The average molecular weight is 313 g/mol. The van der Waals surface area contributed by atoms with Gasteiger partial charge in [-0.25, -0.2) is 0 Å². The van der Waals surface area contributed by atoms with Gasteiger partial charge in [-0.05, 0) is 31.1 Å². The van der Waals surface area contributed by atoms with Gasteiger partial charge >= 0.3 is 0 Å². The van der Waals surface area contributed by atoms with E-state index in [-0.39, 0.29) is 24.0 Å². The maximum atomic E-state index is 9.11. The van der Waals surface area contributed by atoms with Gasteiger partial charge in [-0.1, -0.05) is 27.7 Å². The van der Waals surface area contributed by atoms with E-state index in [1.807, 2.05) is 6.92 Å². The van der Waals surface area contributed by atoms with Gasteiger partial charge in [0, 0.05) is 38.8 Å². The van der Waals surface area contributed by atoms with Crippen molar-refractivity contribution in [1.29, 1.82) is 0 Å². The van der Waals surface area contributed by atoms with Gasteiger partial charge < -0.3 is 20.5 Å². The van der Waals surface area contributed by atoms with Crippen molar-refractivity contribution in [1.82, 2.24) is 10.6 Å². The predicted molar refractivity (Wildman–Crippen MR) is 92.2 cm³/mol. The van der Waals surface area contributed by atoms with Crippen molar-refractivity contribution >= 4 is 5.96 Å². The smallest absolute Gasteiger partial charge is 0.191 e. The number of rotatable bonds is 6. The van der Waals surface area contributed by atoms with Crippen LogP contribution in [0.3, 0.4) is 0 Å². The van der Waals surface area contributed by atoms with Crippen LogP contribution in [0.4, 0.5) is 0 Å². The van der Waals surface area contributed by atoms with Crippen molar-refractivity contribution in [3.05, 3.63) is 0 Å². The molecule has 0 radical (unpaired) electrons. The van der Waals surface area contributed by atoms with Gasteiger partial charge in [-0.2, -0.15) is 0 Å². The van der Waals surface area contributed by atoms with Crippen LogP contribution in [-0.2, 0) is 4.74 Å². The van der Waals surface area contributed by atoms with Crippen molar-refractivity contribution in [3.8, 4) is 0 Å². The SMILES string of the molecule is CCNC(=NCC(C)CO)NCC1CCCOC1C(C)(C)C. The van der Waals surface area contributed by atoms with Gasteiger partial charge in [0.2, 0.25) is 0 Å². The van der Waals surface area contributed by atoms with Crippen LogP contribution in [0.15, 0.2) is 4.99 Å². The van der Waals surface area contributed by atoms with E-state index in [0.29, 0.717) is 12.5 Å². The van der Waals surface area contributed by atoms with E-state index < -0.39 is 0 Å². The molecule has 3 atom stereocenters. The van der Waals surface area contributed by atoms with Crippen LogP contribution < -0.4 is 10.6 Å². The fourth-order valence-corrected chi connectivity index (χ4v) is 2.88. The number of aliphatic hydroxyl groups is 1. The van der Waals surface area contributed by atoms with E-state index in [2.05, 4.69) is 43.3 Å². The zero-order valence-corrected chi connectivity index (χ0v) is 15.0. The molecule has 1 fully saturated rings. The average Bonchev–Trinajstić information content (AvgIpc) is 2.49. The summed E-state index contributed by atoms with van der Waals surface area (Å²) in [5.41, 5.74) is 0.160. The van der Waals surface area contributed by atoms with Gasteiger partial charge in [0.25, 0.3) is 0 Å². The molecular weight excluding hydrogens is 278 g/mol. The number of aliphatic hydroxyl groups excluding tert-OH is 1. The van der Waals surface area contributed by atoms with Gasteiger partial charge in [0.05, 0.1) is 6.10 Å². The second-order valence-electron chi connectivity index (χ2n) is 7.45. The molecule has 1 rings (SSSR count). The molecule has 1 aliphatic heterocycles. The summed E-state index contributed by atoms with van der Waals surface area (Å²) in [6, 6.07) is 0. The lowest BCUT2D eigenvalue weighted by Gasteiger charge is -2.40. The van der Waals surface area contributed by atoms with Crippen molar-refractivity contribution in [2.24, 2.45) is 22.2 Å². The van der Waals surface area contributed by atoms with Crippen LogP contribution in [0.5, 0.6) is 0 Å². The van der Waals surface area contributed by atoms with E-state index in [4.69, 9.17) is 9.84 Å². The number of guanidine groups is 1. The Morgan fingerprint density at radius 3 is 2.68 bits per heavy atom. The molecule has 130 valence electrons. The molecule has 0 aliphatic carbocycles. The summed E-state index contributed by atoms with van der Waals surface area (Å²) in [4.78, 5) is 4.55. The van der Waals surface area contributed by atoms with Crippen LogP contribution >= 0.6 is 0 Å². The Morgan fingerprint density at radius 2 is 2.09 bits per heavy atom. The van der Waals surface area contributed by atoms with Crippen molar-refractivity contribution < 1.29 is 9.84 Å². The third kappa shape index (κ3) is 6.53. The second kappa shape index (κ2) is 9.36. The largest absolute Gasteiger partial charge is 0.396 e. The molecule has 3 N–H and O–H groups in total. The van der Waals surface area contributed by atoms with Gasteiger partial charge in [0.15, 0.2) is 5.96 Å². The Bertz CT molecular complexity index is 339. The third-order valence-corrected chi connectivity index (χ3v) is 4.05. The number of nitrogens with one attached hydrogen (secondary N) is 2. The highest BCUT2D eigenvalue weighted by molar-refractivity contribution is 5.79. The first-order valence-electron chi connectivity index (χ1n) is 8.63. The standard InChI is InChI=1S/C17H35N3O2/c1-6-18-16(19-10-13(2)12-21)20-11-14-8-7-9-22-15(14)17(3,4)5/h13-15,21H,6-12H2,1-5H3,(H2,18,19,20). The van der Waals surface area contributed by atoms with Crippen molar-refractivity contribution in [2.75, 3.05) is 32.8 Å². The molecule has 22 heavy (non-hydrogen) atoms. The monoisotopic (exact) mass is 313 g/mol. The molecule has 1 aliphatic rings. The van der Waals surface area contributed by atoms with Crippen molar-refractivity contribution in [3.63, 3.8) is 0 Å². The minimum atomic E-state index is 0.160. The molecule has 0 saturated carbocycles. The zero-order valence-electron chi connectivity index (χ0n) is 15.0. The molecule has 1 heterocycles. The minimum Gasteiger partial charge on any atom is -0.396 e. The fraction of sp³-hybridized carbons (Fsp3) is 0.941. The molecular formula is C17H35N3O2. The van der Waals surface area contributed by atoms with E-state index in [1.54, 1.807) is 0 Å². The second-order valence-corrected chi connectivity index (χ2v) is 7.45. The lowest BCUT2D eigenvalue weighted by atomic mass is 9.78. The first-order chi connectivity index (χ1) is 10.4. The van der Waals surface area contributed by atoms with E-state index >= 15 is 0 Å². The summed E-state index contributed by atoms with van der Waals surface area (Å²) in [7, 11) is 0. The van der Waals surface area contributed by atoms with E-state index in [0.717, 1.165) is 32.1 Å². The predicted octanol–water partition coefficient (Wildman–Crippen LogP) is 2.01. The molecule has 5 heteroatoms. The number of hydrogen-bond donors (Lipinski definition) is 3. The van der Waals surface area contributed by atoms with E-state index in [9.17, 15) is 0 Å². The van der Waals surface area contributed by atoms with Crippen LogP contribution in [0.2, 0.25) is 0 Å². The van der Waals surface area contributed by atoms with E-state index in [1.165, 1.54) is 6.42 Å². The summed E-state index contributed by atoms with van der Waals surface area (Å²) in [5, 5.41) is 15.8. The molecule has 0 amide bonds. The molecule has 1 saturated heterocycles. The Balaban J connectivity index is 2.58. The minimum absolute atomic E-state index is 0.160. The molecule has 0 aromatic heterocycles. The Kier molecular flexibility index (Phi) is 8.18. The van der Waals surface area contributed by atoms with Crippen LogP contribution in [0.1, 0.15) is 47.5 Å². The highest BCUT2D eigenvalue weighted by atomic mass is 16.5. The summed E-state index contributed by atoms with van der Waals surface area (Å²) in [6.07, 6.45) is 2.61. The molecule has 0 aromatic carbocycles. The zero-order chi connectivity index (χ0) is 16.6. The molecule has 0 bridgehead atoms. The van der Waals surface area contributed by atoms with Gasteiger partial charge in [-0.3, -0.25) is 4.99 Å². The molecule has 0 aromatic rings. The van der Waals surface area contributed by atoms with Gasteiger partial charge in [-0.15, -0.1) is 0 Å². The Morgan fingerprint density at radius 1 is 1.36 bits per heavy atom. The van der Waals surface area contributed by atoms with Crippen LogP contribution in [0, 0.1) is 17.3 Å². The van der Waals surface area contributed by atoms with Crippen molar-refractivity contribution in [2.45, 2.75) is 53.6 Å². The molecule has 5 nitrogen and oxygen atoms in total. The first kappa shape index (κ1) is 19.2. The Labute approximate surface area is 135 Å².